The van der Waals surface area contributed by atoms with Crippen LogP contribution in [0.5, 0.6) is 17.2 Å². The first-order valence-corrected chi connectivity index (χ1v) is 29.2. The molecule has 0 fully saturated rings. The molecule has 0 amide bonds. The van der Waals surface area contributed by atoms with Crippen molar-refractivity contribution in [3.05, 3.63) is 89.5 Å². The van der Waals surface area contributed by atoms with Crippen LogP contribution in [-0.2, 0) is 28.8 Å². The molecule has 3 aliphatic rings. The largest absolute Gasteiger partial charge is 0.481 e. The Labute approximate surface area is 525 Å². The second-order valence-electron chi connectivity index (χ2n) is 25.2. The van der Waals surface area contributed by atoms with E-state index in [0.29, 0.717) is 16.7 Å². The Morgan fingerprint density at radius 2 is 0.857 bits per heavy atom. The van der Waals surface area contributed by atoms with Crippen LogP contribution >= 0.6 is 0 Å². The standard InChI is InChI=1S/C60H86N12O19/c1-13-40(89-35-21-15-32(16-22-35)45-67-56(10,28-73)53(4,5)70(45)86)65-59(62,51(82)83)42(49(78)79)39(76)27-38(61)43(77)31(3)48(91-37-25-19-34(20-26-37)47-69-58(12,30-75)55(8,9)72(47)88)64-44(50(80)81)60(63,52(84)85)66-41(14-2)90-36-23-17-33(18-24-36)46-68-57(11,29-74)54(6,7)71(46)87/h15-26,31,38,40-42,44,48,64-66,73-75,86-88H,13-14,27-30,61-63H2,1-12H3,(H,78,79)(H,80,81)(H,82,83)(H,84,85). The second-order valence-corrected chi connectivity index (χ2v) is 25.2. The Morgan fingerprint density at radius 3 is 1.13 bits per heavy atom. The van der Waals surface area contributed by atoms with Crippen molar-refractivity contribution in [1.82, 2.24) is 31.1 Å². The van der Waals surface area contributed by atoms with Gasteiger partial charge in [-0.05, 0) is 148 Å². The number of amidine groups is 3. The normalized spacial score (nSPS) is 24.5. The van der Waals surface area contributed by atoms with Gasteiger partial charge in [0, 0.05) is 23.1 Å². The molecule has 3 aromatic carbocycles. The fourth-order valence-corrected chi connectivity index (χ4v) is 10.4. The van der Waals surface area contributed by atoms with Gasteiger partial charge in [-0.15, -0.1) is 0 Å². The van der Waals surface area contributed by atoms with Gasteiger partial charge in [0.05, 0.1) is 48.4 Å². The SMILES string of the molecule is CCC(NC(N)(C(=O)O)C(NC(Oc1ccc(C2=NC(C)(CO)C(C)(C)N2O)cc1)C(C)C(=O)C(N)CC(=O)C(C(=O)O)C(N)(NC(CC)Oc1ccc(C2=NC(C)(CO)C(C)(C)N2O)cc1)C(=O)O)C(=O)O)Oc1ccc(C2=NC(C)(CO)C(C)(C)N2O)cc1. The minimum absolute atomic E-state index is 0.0438. The number of hydrogen-bond acceptors (Lipinski definition) is 27. The van der Waals surface area contributed by atoms with Crippen LogP contribution in [0.4, 0.5) is 0 Å². The highest BCUT2D eigenvalue weighted by Crippen LogP contribution is 2.41. The maximum absolute atomic E-state index is 14.6. The summed E-state index contributed by atoms with van der Waals surface area (Å²) in [5, 5.41) is 117. The highest BCUT2D eigenvalue weighted by molar-refractivity contribution is 6.06. The summed E-state index contributed by atoms with van der Waals surface area (Å²) < 4.78 is 18.3. The molecule has 19 N–H and O–H groups in total. The molecule has 31 nitrogen and oxygen atoms in total. The molecular weight excluding hydrogens is 1190 g/mol. The zero-order valence-corrected chi connectivity index (χ0v) is 52.8. The molecule has 3 heterocycles. The van der Waals surface area contributed by atoms with E-state index < -0.39 is 136 Å². The van der Waals surface area contributed by atoms with Gasteiger partial charge >= 0.3 is 23.9 Å². The Balaban J connectivity index is 1.27. The molecule has 3 aromatic rings. The molecule has 0 radical (unpaired) electrons. The number of hydrogen-bond donors (Lipinski definition) is 16. The number of Topliss-reactive ketones (excluding diaryl/α,β-unsaturated/α-hetero) is 2. The number of benzene rings is 3. The van der Waals surface area contributed by atoms with E-state index in [0.717, 1.165) is 22.1 Å². The summed E-state index contributed by atoms with van der Waals surface area (Å²) in [6, 6.07) is 12.9. The quantitative estimate of drug-likeness (QED) is 0.0304. The Morgan fingerprint density at radius 1 is 0.538 bits per heavy atom. The molecule has 0 bridgehead atoms. The molecule has 0 aliphatic carbocycles. The number of hydroxylamine groups is 6. The van der Waals surface area contributed by atoms with Gasteiger partial charge in [-0.3, -0.25) is 65.7 Å². The number of aliphatic carboxylic acids is 4. The van der Waals surface area contributed by atoms with Crippen molar-refractivity contribution in [2.24, 2.45) is 44.0 Å². The van der Waals surface area contributed by atoms with Crippen molar-refractivity contribution < 1.29 is 94.3 Å². The monoisotopic (exact) mass is 1280 g/mol. The first-order valence-electron chi connectivity index (χ1n) is 29.2. The van der Waals surface area contributed by atoms with Gasteiger partial charge in [0.25, 0.3) is 0 Å². The lowest BCUT2D eigenvalue weighted by Gasteiger charge is -2.38. The van der Waals surface area contributed by atoms with Crippen molar-refractivity contribution in [1.29, 1.82) is 0 Å². The zero-order valence-electron chi connectivity index (χ0n) is 52.8. The average molecular weight is 1280 g/mol. The molecular formula is C60H86N12O19. The molecule has 31 heteroatoms. The molecule has 3 aliphatic heterocycles. The van der Waals surface area contributed by atoms with Crippen molar-refractivity contribution in [2.45, 2.75) is 178 Å². The van der Waals surface area contributed by atoms with Crippen molar-refractivity contribution in [3.63, 3.8) is 0 Å². The van der Waals surface area contributed by atoms with Crippen molar-refractivity contribution in [3.8, 4) is 17.2 Å². The number of carbonyl (C=O) groups excluding carboxylic acids is 2. The van der Waals surface area contributed by atoms with Gasteiger partial charge in [0.15, 0.2) is 71.0 Å². The third kappa shape index (κ3) is 13.6. The molecule has 0 spiro atoms. The van der Waals surface area contributed by atoms with Gasteiger partial charge in [0.2, 0.25) is 0 Å². The Bertz CT molecular complexity index is 3300. The number of ether oxygens (including phenoxy) is 3. The summed E-state index contributed by atoms with van der Waals surface area (Å²) in [6.45, 7) is 18.1. The number of aliphatic hydroxyl groups is 3. The second kappa shape index (κ2) is 26.8. The third-order valence-electron chi connectivity index (χ3n) is 18.3. The van der Waals surface area contributed by atoms with E-state index in [-0.39, 0.29) is 60.8 Å². The van der Waals surface area contributed by atoms with Gasteiger partial charge in [-0.2, -0.15) is 0 Å². The summed E-state index contributed by atoms with van der Waals surface area (Å²) in [5.41, 5.74) is 7.72. The maximum Gasteiger partial charge on any atom is 0.341 e. The molecule has 500 valence electrons. The van der Waals surface area contributed by atoms with Crippen LogP contribution in [0.2, 0.25) is 0 Å². The zero-order chi connectivity index (χ0) is 68.5. The van der Waals surface area contributed by atoms with E-state index in [1.165, 1.54) is 79.7 Å². The van der Waals surface area contributed by atoms with Crippen molar-refractivity contribution >= 4 is 53.0 Å². The molecule has 12 atom stereocenters. The number of carboxylic acids is 4. The average Bonchev–Trinajstić information content (AvgIpc) is 1.65. The first kappa shape index (κ1) is 72.3. The number of aliphatic imine (C=N–C) groups is 3. The summed E-state index contributed by atoms with van der Waals surface area (Å²) in [6.07, 6.45) is -6.06. The molecule has 0 saturated heterocycles. The predicted molar refractivity (Wildman–Crippen MR) is 325 cm³/mol. The highest BCUT2D eigenvalue weighted by atomic mass is 16.5. The van der Waals surface area contributed by atoms with Crippen LogP contribution in [0, 0.1) is 11.8 Å². The number of carboxylic acid groups (broad SMARTS) is 4. The smallest absolute Gasteiger partial charge is 0.341 e. The minimum Gasteiger partial charge on any atom is -0.481 e. The molecule has 91 heavy (non-hydrogen) atoms. The number of aliphatic hydroxyl groups excluding tert-OH is 3. The Hall–Kier alpha value is -7.79. The summed E-state index contributed by atoms with van der Waals surface area (Å²) in [4.78, 5) is 95.4. The lowest BCUT2D eigenvalue weighted by atomic mass is 9.83. The molecule has 0 aromatic heterocycles. The number of rotatable bonds is 32. The number of ketones is 2. The predicted octanol–water partition coefficient (Wildman–Crippen LogP) is 0.858. The summed E-state index contributed by atoms with van der Waals surface area (Å²) in [5.74, 6) is -14.6. The van der Waals surface area contributed by atoms with Crippen LogP contribution in [0.1, 0.15) is 119 Å². The summed E-state index contributed by atoms with van der Waals surface area (Å²) >= 11 is 0. The minimum atomic E-state index is -3.16. The van der Waals surface area contributed by atoms with E-state index in [4.69, 9.17) is 31.4 Å². The highest BCUT2D eigenvalue weighted by Gasteiger charge is 2.57. The van der Waals surface area contributed by atoms with Crippen LogP contribution in [0.3, 0.4) is 0 Å². The van der Waals surface area contributed by atoms with Gasteiger partial charge in [-0.1, -0.05) is 20.8 Å². The lowest BCUT2D eigenvalue weighted by molar-refractivity contribution is -0.163. The van der Waals surface area contributed by atoms with Crippen molar-refractivity contribution in [2.75, 3.05) is 19.8 Å². The first-order chi connectivity index (χ1) is 42.1. The molecule has 12 unspecified atom stereocenters. The number of nitrogens with two attached hydrogens (primary N) is 3. The lowest BCUT2D eigenvalue weighted by Crippen LogP contribution is -2.76. The fraction of sp³-hybridized carbons (Fsp3) is 0.550. The van der Waals surface area contributed by atoms with Gasteiger partial charge in [-0.25, -0.2) is 24.8 Å². The number of nitrogens with zero attached hydrogens (tertiary/aromatic N) is 6. The van der Waals surface area contributed by atoms with Crippen LogP contribution in [0.25, 0.3) is 0 Å². The van der Waals surface area contributed by atoms with E-state index >= 15 is 0 Å². The van der Waals surface area contributed by atoms with E-state index in [1.54, 1.807) is 69.2 Å². The van der Waals surface area contributed by atoms with Crippen LogP contribution < -0.4 is 47.4 Å². The van der Waals surface area contributed by atoms with E-state index in [9.17, 15) is 80.1 Å². The fourth-order valence-electron chi connectivity index (χ4n) is 10.4. The van der Waals surface area contributed by atoms with E-state index in [2.05, 4.69) is 30.9 Å². The summed E-state index contributed by atoms with van der Waals surface area (Å²) in [7, 11) is 0. The van der Waals surface area contributed by atoms with Crippen LogP contribution in [-0.4, -0.2) is 215 Å². The topological polar surface area (TPSA) is 493 Å². The van der Waals surface area contributed by atoms with E-state index in [1.807, 2.05) is 0 Å². The van der Waals surface area contributed by atoms with Gasteiger partial charge in [0.1, 0.15) is 33.9 Å². The third-order valence-corrected chi connectivity index (χ3v) is 18.3. The van der Waals surface area contributed by atoms with Gasteiger partial charge < -0.3 is 67.2 Å². The Kier molecular flexibility index (Phi) is 21.3. The molecule has 6 rings (SSSR count). The van der Waals surface area contributed by atoms with Crippen LogP contribution in [0.15, 0.2) is 87.8 Å². The molecule has 0 saturated carbocycles. The number of carbonyl (C=O) groups is 6. The maximum atomic E-state index is 14.6. The number of nitrogens with one attached hydrogen (secondary N) is 3.